The van der Waals surface area contributed by atoms with E-state index in [-0.39, 0.29) is 5.92 Å². The van der Waals surface area contributed by atoms with E-state index in [1.807, 2.05) is 19.9 Å². The van der Waals surface area contributed by atoms with E-state index in [0.717, 1.165) is 10.7 Å². The molecule has 176 valence electrons. The number of methoxy groups -OCH3 is 1. The molecule has 3 aromatic rings. The molecule has 34 heavy (non-hydrogen) atoms. The highest BCUT2D eigenvalue weighted by Crippen LogP contribution is 2.30. The van der Waals surface area contributed by atoms with Crippen molar-refractivity contribution in [2.75, 3.05) is 19.0 Å². The number of hydrogen-bond donors (Lipinski definition) is 3. The van der Waals surface area contributed by atoms with E-state index < -0.39 is 29.9 Å². The number of anilines is 1. The van der Waals surface area contributed by atoms with Crippen LogP contribution in [0.2, 0.25) is 0 Å². The normalized spacial score (nSPS) is 17.7. The zero-order valence-electron chi connectivity index (χ0n) is 19.4. The predicted molar refractivity (Wildman–Crippen MR) is 125 cm³/mol. The van der Waals surface area contributed by atoms with Gasteiger partial charge in [0.05, 0.1) is 12.8 Å². The molecule has 0 aliphatic carbocycles. The minimum atomic E-state index is -1.28. The summed E-state index contributed by atoms with van der Waals surface area (Å²) in [6.45, 7) is 5.17. The molecule has 10 nitrogen and oxygen atoms in total. The van der Waals surface area contributed by atoms with Gasteiger partial charge in [-0.2, -0.15) is 5.10 Å². The molecular weight excluding hydrogens is 436 g/mol. The van der Waals surface area contributed by atoms with Crippen LogP contribution in [0.3, 0.4) is 0 Å². The average Bonchev–Trinajstić information content (AvgIpc) is 3.40. The Morgan fingerprint density at radius 2 is 1.85 bits per heavy atom. The number of hydrogen-bond acceptors (Lipinski definition) is 6. The largest absolute Gasteiger partial charge is 0.497 e. The SMILES string of the molecule is COc1ccc(C2(C)NC(=O)N(CC(=O)Nc3ccccc3-c3n[nH]c(C(C)C)n3)C2=O)cc1. The smallest absolute Gasteiger partial charge is 0.325 e. The van der Waals surface area contributed by atoms with Crippen molar-refractivity contribution in [2.24, 2.45) is 0 Å². The molecule has 4 amide bonds. The number of benzene rings is 2. The quantitative estimate of drug-likeness (QED) is 0.463. The lowest BCUT2D eigenvalue weighted by molar-refractivity contribution is -0.133. The van der Waals surface area contributed by atoms with Crippen molar-refractivity contribution in [2.45, 2.75) is 32.2 Å². The highest BCUT2D eigenvalue weighted by molar-refractivity contribution is 6.10. The molecule has 1 atom stereocenters. The molecule has 0 bridgehead atoms. The molecule has 0 spiro atoms. The van der Waals surface area contributed by atoms with Gasteiger partial charge in [-0.25, -0.2) is 9.78 Å². The van der Waals surface area contributed by atoms with Crippen molar-refractivity contribution in [1.29, 1.82) is 0 Å². The maximum atomic E-state index is 13.1. The van der Waals surface area contributed by atoms with Crippen LogP contribution in [0.1, 0.15) is 38.1 Å². The van der Waals surface area contributed by atoms with Gasteiger partial charge >= 0.3 is 6.03 Å². The molecule has 1 aliphatic heterocycles. The zero-order valence-corrected chi connectivity index (χ0v) is 19.4. The second-order valence-corrected chi connectivity index (χ2v) is 8.47. The summed E-state index contributed by atoms with van der Waals surface area (Å²) in [6.07, 6.45) is 0. The van der Waals surface area contributed by atoms with E-state index in [4.69, 9.17) is 4.74 Å². The fourth-order valence-corrected chi connectivity index (χ4v) is 3.73. The van der Waals surface area contributed by atoms with Crippen LogP contribution < -0.4 is 15.4 Å². The van der Waals surface area contributed by atoms with Gasteiger partial charge in [0.1, 0.15) is 23.7 Å². The monoisotopic (exact) mass is 462 g/mol. The summed E-state index contributed by atoms with van der Waals surface area (Å²) < 4.78 is 5.15. The first-order valence-electron chi connectivity index (χ1n) is 10.8. The van der Waals surface area contributed by atoms with Gasteiger partial charge in [-0.15, -0.1) is 0 Å². The van der Waals surface area contributed by atoms with Gasteiger partial charge in [0.2, 0.25) is 5.91 Å². The van der Waals surface area contributed by atoms with E-state index in [1.54, 1.807) is 56.5 Å². The molecule has 1 fully saturated rings. The van der Waals surface area contributed by atoms with Crippen molar-refractivity contribution in [3.63, 3.8) is 0 Å². The van der Waals surface area contributed by atoms with E-state index in [1.165, 1.54) is 0 Å². The minimum absolute atomic E-state index is 0.169. The molecule has 2 heterocycles. The number of urea groups is 1. The Hall–Kier alpha value is -4.21. The Labute approximate surface area is 196 Å². The summed E-state index contributed by atoms with van der Waals surface area (Å²) in [7, 11) is 1.54. The van der Waals surface area contributed by atoms with Crippen molar-refractivity contribution < 1.29 is 19.1 Å². The van der Waals surface area contributed by atoms with Gasteiger partial charge in [-0.05, 0) is 36.8 Å². The molecule has 1 saturated heterocycles. The molecule has 1 aromatic heterocycles. The Morgan fingerprint density at radius 3 is 2.50 bits per heavy atom. The molecule has 1 aliphatic rings. The molecule has 10 heteroatoms. The van der Waals surface area contributed by atoms with E-state index in [9.17, 15) is 14.4 Å². The third-order valence-electron chi connectivity index (χ3n) is 5.74. The van der Waals surface area contributed by atoms with Crippen LogP contribution in [-0.4, -0.2) is 51.6 Å². The molecule has 4 rings (SSSR count). The maximum absolute atomic E-state index is 13.1. The molecule has 0 radical (unpaired) electrons. The number of nitrogens with zero attached hydrogens (tertiary/aromatic N) is 3. The van der Waals surface area contributed by atoms with Gasteiger partial charge < -0.3 is 15.4 Å². The predicted octanol–water partition coefficient (Wildman–Crippen LogP) is 3.01. The zero-order chi connectivity index (χ0) is 24.5. The molecular formula is C24H26N6O4. The third-order valence-corrected chi connectivity index (χ3v) is 5.74. The van der Waals surface area contributed by atoms with Gasteiger partial charge in [0.25, 0.3) is 5.91 Å². The average molecular weight is 463 g/mol. The number of aromatic nitrogens is 3. The Kier molecular flexibility index (Phi) is 6.06. The number of carbonyl (C=O) groups excluding carboxylic acids is 3. The van der Waals surface area contributed by atoms with Crippen molar-refractivity contribution in [1.82, 2.24) is 25.4 Å². The van der Waals surface area contributed by atoms with Crippen LogP contribution in [0.25, 0.3) is 11.4 Å². The molecule has 2 aromatic carbocycles. The number of amides is 4. The van der Waals surface area contributed by atoms with Gasteiger partial charge in [0.15, 0.2) is 5.82 Å². The summed E-state index contributed by atoms with van der Waals surface area (Å²) in [5.41, 5.74) is 0.407. The molecule has 3 N–H and O–H groups in total. The lowest BCUT2D eigenvalue weighted by Gasteiger charge is -2.22. The van der Waals surface area contributed by atoms with E-state index >= 15 is 0 Å². The number of H-pyrrole nitrogens is 1. The van der Waals surface area contributed by atoms with E-state index in [2.05, 4.69) is 25.8 Å². The lowest BCUT2D eigenvalue weighted by Crippen LogP contribution is -2.42. The van der Waals surface area contributed by atoms with Crippen molar-refractivity contribution in [3.05, 3.63) is 59.9 Å². The number of aromatic amines is 1. The number of nitrogens with one attached hydrogen (secondary N) is 3. The van der Waals surface area contributed by atoms with Crippen molar-refractivity contribution >= 4 is 23.5 Å². The Morgan fingerprint density at radius 1 is 1.15 bits per heavy atom. The standard InChI is InChI=1S/C24H26N6O4/c1-14(2)20-26-21(29-28-20)17-7-5-6-8-18(17)25-19(31)13-30-22(32)24(3,27-23(30)33)15-9-11-16(34-4)12-10-15/h5-12,14H,13H2,1-4H3,(H,25,31)(H,27,33)(H,26,28,29). The maximum Gasteiger partial charge on any atom is 0.325 e. The van der Waals surface area contributed by atoms with Crippen LogP contribution in [0.5, 0.6) is 5.75 Å². The van der Waals surface area contributed by atoms with Crippen molar-refractivity contribution in [3.8, 4) is 17.1 Å². The summed E-state index contributed by atoms with van der Waals surface area (Å²) in [4.78, 5) is 44.0. The lowest BCUT2D eigenvalue weighted by atomic mass is 9.92. The van der Waals surface area contributed by atoms with Gasteiger partial charge in [-0.1, -0.05) is 38.1 Å². The third kappa shape index (κ3) is 4.21. The van der Waals surface area contributed by atoms with Crippen LogP contribution in [-0.2, 0) is 15.1 Å². The summed E-state index contributed by atoms with van der Waals surface area (Å²) in [6, 6.07) is 13.3. The second kappa shape index (κ2) is 8.97. The van der Waals surface area contributed by atoms with Crippen LogP contribution >= 0.6 is 0 Å². The highest BCUT2D eigenvalue weighted by Gasteiger charge is 2.49. The minimum Gasteiger partial charge on any atom is -0.497 e. The summed E-state index contributed by atoms with van der Waals surface area (Å²) in [5, 5.41) is 12.6. The molecule has 1 unspecified atom stereocenters. The second-order valence-electron chi connectivity index (χ2n) is 8.47. The number of rotatable bonds is 7. The topological polar surface area (TPSA) is 129 Å². The fraction of sp³-hybridized carbons (Fsp3) is 0.292. The van der Waals surface area contributed by atoms with Crippen LogP contribution in [0.4, 0.5) is 10.5 Å². The summed E-state index contributed by atoms with van der Waals surface area (Å²) >= 11 is 0. The Balaban J connectivity index is 1.50. The molecule has 0 saturated carbocycles. The fourth-order valence-electron chi connectivity index (χ4n) is 3.73. The first-order valence-corrected chi connectivity index (χ1v) is 10.8. The van der Waals surface area contributed by atoms with E-state index in [0.29, 0.717) is 28.4 Å². The number of imide groups is 1. The number of carbonyl (C=O) groups is 3. The Bertz CT molecular complexity index is 1240. The first kappa shape index (κ1) is 23.0. The van der Waals surface area contributed by atoms with Crippen LogP contribution in [0.15, 0.2) is 48.5 Å². The van der Waals surface area contributed by atoms with Gasteiger partial charge in [-0.3, -0.25) is 19.6 Å². The summed E-state index contributed by atoms with van der Waals surface area (Å²) in [5.74, 6) is 0.944. The highest BCUT2D eigenvalue weighted by atomic mass is 16.5. The first-order chi connectivity index (χ1) is 16.2. The number of ether oxygens (including phenoxy) is 1. The van der Waals surface area contributed by atoms with Crippen LogP contribution in [0, 0.1) is 0 Å². The number of para-hydroxylation sites is 1. The van der Waals surface area contributed by atoms with Gasteiger partial charge in [0, 0.05) is 11.5 Å².